The molecule has 1 aliphatic rings. The van der Waals surface area contributed by atoms with E-state index in [4.69, 9.17) is 0 Å². The molecule has 1 fully saturated rings. The lowest BCUT2D eigenvalue weighted by atomic mass is 10.1. The first-order valence-corrected chi connectivity index (χ1v) is 6.06. The average molecular weight is 253 g/mol. The van der Waals surface area contributed by atoms with Crippen LogP contribution in [0, 0.1) is 0 Å². The Morgan fingerprint density at radius 3 is 2.21 bits per heavy atom. The maximum atomic E-state index is 12.2. The Labute approximate surface area is 109 Å². The summed E-state index contributed by atoms with van der Waals surface area (Å²) in [4.78, 5) is 36.0. The fourth-order valence-corrected chi connectivity index (χ4v) is 2.25. The Morgan fingerprint density at radius 1 is 0.895 bits per heavy atom. The molecule has 3 amide bonds. The van der Waals surface area contributed by atoms with Crippen molar-refractivity contribution in [2.45, 2.75) is 12.8 Å². The lowest BCUT2D eigenvalue weighted by Gasteiger charge is -2.12. The number of likely N-dealkylation sites (tertiary alicyclic amines) is 1. The van der Waals surface area contributed by atoms with Crippen molar-refractivity contribution in [3.8, 4) is 0 Å². The summed E-state index contributed by atoms with van der Waals surface area (Å²) in [7, 11) is 0. The minimum atomic E-state index is -0.529. The van der Waals surface area contributed by atoms with Crippen molar-refractivity contribution in [3.63, 3.8) is 0 Å². The van der Waals surface area contributed by atoms with Crippen molar-refractivity contribution in [2.24, 2.45) is 0 Å². The first-order valence-electron chi connectivity index (χ1n) is 6.06. The van der Waals surface area contributed by atoms with Gasteiger partial charge in [0.15, 0.2) is 0 Å². The van der Waals surface area contributed by atoms with Gasteiger partial charge in [0.1, 0.15) is 0 Å². The van der Waals surface area contributed by atoms with Gasteiger partial charge in [-0.15, -0.1) is 0 Å². The van der Waals surface area contributed by atoms with Crippen molar-refractivity contribution < 1.29 is 14.4 Å². The smallest absolute Gasteiger partial charge is 0.267 e. The summed E-state index contributed by atoms with van der Waals surface area (Å²) in [5, 5.41) is 1.92. The number of rotatable bonds is 1. The number of amides is 3. The Hall–Kier alpha value is -2.49. The number of nitrogens with zero attached hydrogens (tertiary/aromatic N) is 1. The SMILES string of the molecule is O=C1CCC(=O)N1C(=O)c1ccc2ccccc2c1. The average Bonchev–Trinajstić information content (AvgIpc) is 2.77. The molecule has 0 radical (unpaired) electrons. The van der Waals surface area contributed by atoms with Gasteiger partial charge in [0.05, 0.1) is 0 Å². The van der Waals surface area contributed by atoms with Crippen molar-refractivity contribution in [1.29, 1.82) is 0 Å². The number of hydrogen-bond donors (Lipinski definition) is 0. The molecule has 4 heteroatoms. The maximum absolute atomic E-state index is 12.2. The van der Waals surface area contributed by atoms with Gasteiger partial charge in [0.25, 0.3) is 5.91 Å². The van der Waals surface area contributed by atoms with E-state index in [1.807, 2.05) is 30.3 Å². The van der Waals surface area contributed by atoms with Crippen LogP contribution in [0.2, 0.25) is 0 Å². The molecule has 1 heterocycles. The highest BCUT2D eigenvalue weighted by molar-refractivity contribution is 6.20. The van der Waals surface area contributed by atoms with Crippen LogP contribution in [0.15, 0.2) is 42.5 Å². The molecule has 3 rings (SSSR count). The lowest BCUT2D eigenvalue weighted by molar-refractivity contribution is -0.134. The molecule has 2 aromatic carbocycles. The fourth-order valence-electron chi connectivity index (χ4n) is 2.25. The number of carbonyl (C=O) groups excluding carboxylic acids is 3. The zero-order chi connectivity index (χ0) is 13.4. The minimum Gasteiger partial charge on any atom is -0.274 e. The van der Waals surface area contributed by atoms with E-state index in [0.29, 0.717) is 5.56 Å². The molecular weight excluding hydrogens is 242 g/mol. The lowest BCUT2D eigenvalue weighted by Crippen LogP contribution is -2.35. The third kappa shape index (κ3) is 1.91. The highest BCUT2D eigenvalue weighted by atomic mass is 16.2. The monoisotopic (exact) mass is 253 g/mol. The Balaban J connectivity index is 2.02. The van der Waals surface area contributed by atoms with Gasteiger partial charge < -0.3 is 0 Å². The van der Waals surface area contributed by atoms with Gasteiger partial charge in [0.2, 0.25) is 11.8 Å². The first-order chi connectivity index (χ1) is 9.16. The summed E-state index contributed by atoms with van der Waals surface area (Å²) in [6, 6.07) is 12.8. The molecule has 4 nitrogen and oxygen atoms in total. The van der Waals surface area contributed by atoms with Gasteiger partial charge in [-0.05, 0) is 22.9 Å². The van der Waals surface area contributed by atoms with E-state index >= 15 is 0 Å². The largest absolute Gasteiger partial charge is 0.274 e. The molecule has 0 saturated carbocycles. The second kappa shape index (κ2) is 4.31. The Kier molecular flexibility index (Phi) is 2.63. The number of hydrogen-bond acceptors (Lipinski definition) is 3. The summed E-state index contributed by atoms with van der Waals surface area (Å²) in [6.07, 6.45) is 0.246. The van der Waals surface area contributed by atoms with E-state index in [2.05, 4.69) is 0 Å². The zero-order valence-electron chi connectivity index (χ0n) is 10.1. The molecule has 1 saturated heterocycles. The van der Waals surface area contributed by atoms with Crippen molar-refractivity contribution in [3.05, 3.63) is 48.0 Å². The molecule has 19 heavy (non-hydrogen) atoms. The van der Waals surface area contributed by atoms with Crippen LogP contribution in [-0.4, -0.2) is 22.6 Å². The van der Waals surface area contributed by atoms with Crippen molar-refractivity contribution >= 4 is 28.5 Å². The van der Waals surface area contributed by atoms with Crippen LogP contribution in [0.5, 0.6) is 0 Å². The van der Waals surface area contributed by atoms with E-state index in [1.54, 1.807) is 12.1 Å². The maximum Gasteiger partial charge on any atom is 0.267 e. The second-order valence-corrected chi connectivity index (χ2v) is 4.49. The van der Waals surface area contributed by atoms with Gasteiger partial charge in [-0.1, -0.05) is 30.3 Å². The van der Waals surface area contributed by atoms with Crippen LogP contribution in [0.3, 0.4) is 0 Å². The van der Waals surface area contributed by atoms with Gasteiger partial charge in [-0.3, -0.25) is 14.4 Å². The molecular formula is C15H11NO3. The van der Waals surface area contributed by atoms with E-state index in [-0.39, 0.29) is 12.8 Å². The molecule has 0 N–H and O–H groups in total. The van der Waals surface area contributed by atoms with Crippen molar-refractivity contribution in [2.75, 3.05) is 0 Å². The van der Waals surface area contributed by atoms with Crippen LogP contribution in [0.1, 0.15) is 23.2 Å². The van der Waals surface area contributed by atoms with Crippen LogP contribution < -0.4 is 0 Å². The standard InChI is InChI=1S/C15H11NO3/c17-13-7-8-14(18)16(13)15(19)12-6-5-10-3-1-2-4-11(10)9-12/h1-6,9H,7-8H2. The molecule has 0 atom stereocenters. The normalized spacial score (nSPS) is 15.3. The van der Waals surface area contributed by atoms with Crippen LogP contribution in [0.25, 0.3) is 10.8 Å². The van der Waals surface area contributed by atoms with Crippen LogP contribution >= 0.6 is 0 Å². The summed E-state index contributed by atoms with van der Waals surface area (Å²) in [5.74, 6) is -1.36. The van der Waals surface area contributed by atoms with E-state index < -0.39 is 17.7 Å². The topological polar surface area (TPSA) is 54.5 Å². The quantitative estimate of drug-likeness (QED) is 0.731. The molecule has 94 valence electrons. The number of fused-ring (bicyclic) bond motifs is 1. The van der Waals surface area contributed by atoms with Gasteiger partial charge in [-0.2, -0.15) is 0 Å². The van der Waals surface area contributed by atoms with Crippen LogP contribution in [-0.2, 0) is 9.59 Å². The molecule has 0 aromatic heterocycles. The molecule has 0 aliphatic carbocycles. The number of benzene rings is 2. The predicted octanol–water partition coefficient (Wildman–Crippen LogP) is 2.13. The third-order valence-electron chi connectivity index (χ3n) is 3.25. The second-order valence-electron chi connectivity index (χ2n) is 4.49. The van der Waals surface area contributed by atoms with Gasteiger partial charge in [-0.25, -0.2) is 4.90 Å². The summed E-state index contributed by atoms with van der Waals surface area (Å²) in [6.45, 7) is 0. The Morgan fingerprint density at radius 2 is 1.53 bits per heavy atom. The molecule has 0 unspecified atom stereocenters. The highest BCUT2D eigenvalue weighted by Gasteiger charge is 2.34. The molecule has 1 aliphatic heterocycles. The van der Waals surface area contributed by atoms with Gasteiger partial charge >= 0.3 is 0 Å². The summed E-state index contributed by atoms with van der Waals surface area (Å²) >= 11 is 0. The number of carbonyl (C=O) groups is 3. The summed E-state index contributed by atoms with van der Waals surface area (Å²) in [5.41, 5.74) is 0.363. The van der Waals surface area contributed by atoms with E-state index in [0.717, 1.165) is 15.7 Å². The molecule has 0 bridgehead atoms. The first kappa shape index (κ1) is 11.6. The minimum absolute atomic E-state index is 0.123. The van der Waals surface area contributed by atoms with Gasteiger partial charge in [0, 0.05) is 18.4 Å². The number of imide groups is 3. The molecule has 0 spiro atoms. The third-order valence-corrected chi connectivity index (χ3v) is 3.25. The zero-order valence-corrected chi connectivity index (χ0v) is 10.1. The van der Waals surface area contributed by atoms with E-state index in [9.17, 15) is 14.4 Å². The molecule has 2 aromatic rings. The fraction of sp³-hybridized carbons (Fsp3) is 0.133. The Bertz CT molecular complexity index is 689. The predicted molar refractivity (Wildman–Crippen MR) is 69.4 cm³/mol. The summed E-state index contributed by atoms with van der Waals surface area (Å²) < 4.78 is 0. The van der Waals surface area contributed by atoms with Crippen molar-refractivity contribution in [1.82, 2.24) is 4.90 Å². The van der Waals surface area contributed by atoms with Crippen LogP contribution in [0.4, 0.5) is 0 Å². The van der Waals surface area contributed by atoms with E-state index in [1.165, 1.54) is 0 Å². The highest BCUT2D eigenvalue weighted by Crippen LogP contribution is 2.20.